The fourth-order valence-corrected chi connectivity index (χ4v) is 1.36. The van der Waals surface area contributed by atoms with Crippen molar-refractivity contribution in [3.05, 3.63) is 0 Å². The maximum Gasteiger partial charge on any atom is 0.220 e. The van der Waals surface area contributed by atoms with E-state index < -0.39 is 0 Å². The third kappa shape index (κ3) is 1.48. The smallest absolute Gasteiger partial charge is 0.220 e. The molecule has 0 spiro atoms. The maximum absolute atomic E-state index is 10.7. The van der Waals surface area contributed by atoms with E-state index >= 15 is 0 Å². The van der Waals surface area contributed by atoms with Crippen LogP contribution in [-0.4, -0.2) is 19.0 Å². The van der Waals surface area contributed by atoms with E-state index in [1.807, 2.05) is 6.92 Å². The molecule has 1 heterocycles. The van der Waals surface area contributed by atoms with Crippen molar-refractivity contribution in [2.45, 2.75) is 13.3 Å². The minimum atomic E-state index is -0.164. The van der Waals surface area contributed by atoms with Crippen LogP contribution in [-0.2, 0) is 4.79 Å². The normalized spacial score (nSPS) is 33.7. The summed E-state index contributed by atoms with van der Waals surface area (Å²) < 4.78 is 0. The van der Waals surface area contributed by atoms with Crippen LogP contribution in [0, 0.1) is 11.8 Å². The molecule has 0 aromatic carbocycles. The summed E-state index contributed by atoms with van der Waals surface area (Å²) in [6.45, 7) is 3.63. The molecule has 0 aliphatic carbocycles. The predicted octanol–water partition coefficient (Wildman–Crippen LogP) is -0.268. The summed E-state index contributed by atoms with van der Waals surface area (Å²) in [4.78, 5) is 10.7. The lowest BCUT2D eigenvalue weighted by Crippen LogP contribution is -2.38. The summed E-state index contributed by atoms with van der Waals surface area (Å²) in [7, 11) is 0. The highest BCUT2D eigenvalue weighted by molar-refractivity contribution is 5.77. The first-order chi connectivity index (χ1) is 4.72. The van der Waals surface area contributed by atoms with Crippen LogP contribution in [0.15, 0.2) is 0 Å². The van der Waals surface area contributed by atoms with Gasteiger partial charge in [-0.1, -0.05) is 6.92 Å². The number of nitrogens with two attached hydrogens (primary N) is 1. The molecule has 57 valence electrons. The van der Waals surface area contributed by atoms with Gasteiger partial charge in [-0.3, -0.25) is 4.79 Å². The summed E-state index contributed by atoms with van der Waals surface area (Å²) in [5, 5.41) is 4.18. The molecule has 0 aromatic rings. The van der Waals surface area contributed by atoms with Crippen molar-refractivity contribution in [1.29, 1.82) is 0 Å². The third-order valence-electron chi connectivity index (χ3n) is 2.07. The van der Waals surface area contributed by atoms with Crippen LogP contribution < -0.4 is 11.1 Å². The molecule has 0 bridgehead atoms. The second kappa shape index (κ2) is 3.01. The van der Waals surface area contributed by atoms with Crippen LogP contribution in [0.4, 0.5) is 0 Å². The second-order valence-corrected chi connectivity index (χ2v) is 2.90. The largest absolute Gasteiger partial charge is 0.369 e. The van der Waals surface area contributed by atoms with Gasteiger partial charge in [-0.05, 0) is 12.3 Å². The van der Waals surface area contributed by atoms with Gasteiger partial charge < -0.3 is 5.73 Å². The van der Waals surface area contributed by atoms with Crippen molar-refractivity contribution in [3.63, 3.8) is 0 Å². The summed E-state index contributed by atoms with van der Waals surface area (Å²) in [6.07, 6.45) is 0.844. The van der Waals surface area contributed by atoms with Gasteiger partial charge in [0.2, 0.25) is 5.91 Å². The molecule has 2 unspecified atom stereocenters. The number of primary amides is 1. The molecule has 1 rings (SSSR count). The van der Waals surface area contributed by atoms with Gasteiger partial charge in [0.05, 0.1) is 0 Å². The number of carbonyl (C=O) groups excluding carboxylic acids is 1. The third-order valence-corrected chi connectivity index (χ3v) is 2.07. The monoisotopic (exact) mass is 141 g/mol. The van der Waals surface area contributed by atoms with Crippen LogP contribution in [0.5, 0.6) is 0 Å². The van der Waals surface area contributed by atoms with Gasteiger partial charge in [-0.2, -0.15) is 0 Å². The van der Waals surface area contributed by atoms with Crippen molar-refractivity contribution in [2.75, 3.05) is 13.1 Å². The molecule has 1 fully saturated rings. The lowest BCUT2D eigenvalue weighted by molar-refractivity contribution is -0.123. The Balaban J connectivity index is 2.47. The number of rotatable bonds is 1. The molecule has 3 nitrogen and oxygen atoms in total. The van der Waals surface area contributed by atoms with Crippen molar-refractivity contribution >= 4 is 5.91 Å². The molecule has 1 saturated heterocycles. The zero-order valence-corrected chi connectivity index (χ0v) is 6.21. The first-order valence-electron chi connectivity index (χ1n) is 3.64. The molecular formula is C7H13N2O. The van der Waals surface area contributed by atoms with Crippen LogP contribution in [0.2, 0.25) is 0 Å². The van der Waals surface area contributed by atoms with Crippen LogP contribution in [0.25, 0.3) is 0 Å². The number of amides is 1. The quantitative estimate of drug-likeness (QED) is 0.537. The van der Waals surface area contributed by atoms with Gasteiger partial charge in [0.25, 0.3) is 0 Å². The van der Waals surface area contributed by atoms with E-state index in [0.717, 1.165) is 19.5 Å². The van der Waals surface area contributed by atoms with E-state index in [4.69, 9.17) is 5.73 Å². The zero-order valence-electron chi connectivity index (χ0n) is 6.21. The molecule has 3 heteroatoms. The first kappa shape index (κ1) is 7.54. The lowest BCUT2D eigenvalue weighted by atomic mass is 9.87. The van der Waals surface area contributed by atoms with Crippen LogP contribution in [0.3, 0.4) is 0 Å². The van der Waals surface area contributed by atoms with Gasteiger partial charge >= 0.3 is 0 Å². The van der Waals surface area contributed by atoms with Gasteiger partial charge in [0, 0.05) is 19.0 Å². The Hall–Kier alpha value is -0.570. The molecule has 0 aromatic heterocycles. The van der Waals surface area contributed by atoms with E-state index in [1.165, 1.54) is 0 Å². The van der Waals surface area contributed by atoms with Crippen LogP contribution in [0.1, 0.15) is 13.3 Å². The fraction of sp³-hybridized carbons (Fsp3) is 0.857. The Morgan fingerprint density at radius 3 is 2.80 bits per heavy atom. The van der Waals surface area contributed by atoms with Gasteiger partial charge in [-0.25, -0.2) is 5.32 Å². The molecule has 2 atom stereocenters. The number of piperidine rings is 1. The molecular weight excluding hydrogens is 128 g/mol. The molecule has 1 aliphatic rings. The summed E-state index contributed by atoms with van der Waals surface area (Å²) in [5.41, 5.74) is 5.18. The Labute approximate surface area is 61.0 Å². The minimum absolute atomic E-state index is 0.0671. The Morgan fingerprint density at radius 2 is 2.40 bits per heavy atom. The highest BCUT2D eigenvalue weighted by Gasteiger charge is 2.25. The number of carbonyl (C=O) groups is 1. The first-order valence-corrected chi connectivity index (χ1v) is 3.64. The van der Waals surface area contributed by atoms with Crippen molar-refractivity contribution < 1.29 is 4.79 Å². The number of nitrogens with zero attached hydrogens (tertiary/aromatic N) is 1. The molecule has 1 radical (unpaired) electrons. The molecule has 1 amide bonds. The summed E-state index contributed by atoms with van der Waals surface area (Å²) >= 11 is 0. The Morgan fingerprint density at radius 1 is 1.70 bits per heavy atom. The SMILES string of the molecule is CC1C[N]CCC1C(N)=O. The van der Waals surface area contributed by atoms with Crippen molar-refractivity contribution in [1.82, 2.24) is 5.32 Å². The molecule has 0 saturated carbocycles. The van der Waals surface area contributed by atoms with E-state index in [1.54, 1.807) is 0 Å². The average molecular weight is 141 g/mol. The topological polar surface area (TPSA) is 57.2 Å². The van der Waals surface area contributed by atoms with E-state index in [0.29, 0.717) is 5.92 Å². The standard InChI is InChI=1S/C7H13N2O/c1-5-4-9-3-2-6(5)7(8)10/h5-6H,2-4H2,1H3,(H2,8,10). The van der Waals surface area contributed by atoms with Gasteiger partial charge in [0.15, 0.2) is 0 Å². The average Bonchev–Trinajstić information content (AvgIpc) is 1.88. The minimum Gasteiger partial charge on any atom is -0.369 e. The van der Waals surface area contributed by atoms with Gasteiger partial charge in [-0.15, -0.1) is 0 Å². The van der Waals surface area contributed by atoms with E-state index in [2.05, 4.69) is 5.32 Å². The van der Waals surface area contributed by atoms with Crippen molar-refractivity contribution in [3.8, 4) is 0 Å². The Kier molecular flexibility index (Phi) is 2.27. The zero-order chi connectivity index (χ0) is 7.56. The van der Waals surface area contributed by atoms with E-state index in [9.17, 15) is 4.79 Å². The van der Waals surface area contributed by atoms with Crippen LogP contribution >= 0.6 is 0 Å². The molecule has 2 N–H and O–H groups in total. The van der Waals surface area contributed by atoms with Gasteiger partial charge in [0.1, 0.15) is 0 Å². The second-order valence-electron chi connectivity index (χ2n) is 2.90. The highest BCUT2D eigenvalue weighted by atomic mass is 16.1. The number of hydrogen-bond acceptors (Lipinski definition) is 1. The lowest BCUT2D eigenvalue weighted by Gasteiger charge is -2.25. The van der Waals surface area contributed by atoms with E-state index in [-0.39, 0.29) is 11.8 Å². The summed E-state index contributed by atoms with van der Waals surface area (Å²) in [5.74, 6) is 0.256. The van der Waals surface area contributed by atoms with Crippen molar-refractivity contribution in [2.24, 2.45) is 17.6 Å². The molecule has 1 aliphatic heterocycles. The highest BCUT2D eigenvalue weighted by Crippen LogP contribution is 2.18. The predicted molar refractivity (Wildman–Crippen MR) is 38.3 cm³/mol. The molecule has 10 heavy (non-hydrogen) atoms. The fourth-order valence-electron chi connectivity index (χ4n) is 1.36. The Bertz CT molecular complexity index is 136. The summed E-state index contributed by atoms with van der Waals surface area (Å²) in [6, 6.07) is 0. The maximum atomic E-state index is 10.7. The number of hydrogen-bond donors (Lipinski definition) is 1.